The number of unbranched alkanes of at least 4 members (excludes halogenated alkanes) is 4. The number of rotatable bonds is 9. The normalized spacial score (nSPS) is 14.1. The van der Waals surface area contributed by atoms with Crippen molar-refractivity contribution in [2.45, 2.75) is 57.8 Å². The summed E-state index contributed by atoms with van der Waals surface area (Å²) in [5.74, 6) is 2.60. The summed E-state index contributed by atoms with van der Waals surface area (Å²) in [4.78, 5) is 10.8. The Kier molecular flexibility index (Phi) is 10.7. The fourth-order valence-electron chi connectivity index (χ4n) is 1.50. The fraction of sp³-hybridized carbons (Fsp3) is 0.667. The van der Waals surface area contributed by atoms with Crippen LogP contribution in [0.25, 0.3) is 0 Å². The molecule has 0 aliphatic carbocycles. The molecule has 2 atom stereocenters. The van der Waals surface area contributed by atoms with Gasteiger partial charge >= 0.3 is 5.97 Å². The van der Waals surface area contributed by atoms with Gasteiger partial charge in [0.25, 0.3) is 0 Å². The Morgan fingerprint density at radius 3 is 2.72 bits per heavy atom. The molecule has 3 heteroatoms. The summed E-state index contributed by atoms with van der Waals surface area (Å²) >= 11 is 4.25. The zero-order chi connectivity index (χ0) is 13.8. The summed E-state index contributed by atoms with van der Waals surface area (Å²) < 4.78 is 5.01. The Morgan fingerprint density at radius 1 is 1.39 bits per heavy atom. The molecule has 0 radical (unpaired) electrons. The van der Waals surface area contributed by atoms with Crippen molar-refractivity contribution in [3.8, 4) is 12.3 Å². The largest absolute Gasteiger partial charge is 0.451 e. The van der Waals surface area contributed by atoms with Gasteiger partial charge in [0.05, 0.1) is 0 Å². The Bertz CT molecular complexity index is 291. The lowest BCUT2D eigenvalue weighted by Crippen LogP contribution is -2.17. The molecule has 0 amide bonds. The summed E-state index contributed by atoms with van der Waals surface area (Å²) in [5.41, 5.74) is -0.317. The third-order valence-electron chi connectivity index (χ3n) is 2.64. The predicted molar refractivity (Wildman–Crippen MR) is 79.4 cm³/mol. The Balaban J connectivity index is 3.56. The topological polar surface area (TPSA) is 26.3 Å². The second kappa shape index (κ2) is 11.2. The smallest absolute Gasteiger partial charge is 0.303 e. The van der Waals surface area contributed by atoms with Crippen molar-refractivity contribution < 1.29 is 9.53 Å². The minimum atomic E-state index is -0.317. The van der Waals surface area contributed by atoms with E-state index in [4.69, 9.17) is 11.2 Å². The number of hydrogen-bond donors (Lipinski definition) is 1. The molecule has 0 aromatic heterocycles. The third-order valence-corrected chi connectivity index (χ3v) is 3.25. The van der Waals surface area contributed by atoms with Crippen LogP contribution in [-0.2, 0) is 9.53 Å². The van der Waals surface area contributed by atoms with Crippen LogP contribution in [0, 0.1) is 18.3 Å². The first-order valence-electron chi connectivity index (χ1n) is 6.51. The Labute approximate surface area is 117 Å². The Morgan fingerprint density at radius 2 is 2.11 bits per heavy atom. The van der Waals surface area contributed by atoms with Gasteiger partial charge in [0, 0.05) is 19.3 Å². The molecule has 0 heterocycles. The van der Waals surface area contributed by atoms with Crippen molar-refractivity contribution in [2.75, 3.05) is 0 Å². The van der Waals surface area contributed by atoms with Gasteiger partial charge in [0.1, 0.15) is 5.44 Å². The maximum Gasteiger partial charge on any atom is 0.303 e. The average molecular weight is 268 g/mol. The van der Waals surface area contributed by atoms with Gasteiger partial charge in [-0.3, -0.25) is 4.79 Å². The quantitative estimate of drug-likeness (QED) is 0.171. The molecule has 0 aliphatic heterocycles. The monoisotopic (exact) mass is 268 g/mol. The van der Waals surface area contributed by atoms with Crippen molar-refractivity contribution in [2.24, 2.45) is 5.92 Å². The van der Waals surface area contributed by atoms with Gasteiger partial charge < -0.3 is 4.74 Å². The molecule has 2 unspecified atom stereocenters. The van der Waals surface area contributed by atoms with Gasteiger partial charge in [-0.1, -0.05) is 25.5 Å². The highest BCUT2D eigenvalue weighted by molar-refractivity contribution is 7.80. The van der Waals surface area contributed by atoms with Crippen LogP contribution in [0.2, 0.25) is 0 Å². The molecule has 0 aliphatic rings. The number of esters is 1. The molecule has 18 heavy (non-hydrogen) atoms. The van der Waals surface area contributed by atoms with E-state index in [1.807, 2.05) is 6.92 Å². The molecule has 0 N–H and O–H groups in total. The van der Waals surface area contributed by atoms with Crippen molar-refractivity contribution in [1.82, 2.24) is 0 Å². The summed E-state index contributed by atoms with van der Waals surface area (Å²) in [7, 11) is 0. The number of carbonyl (C=O) groups is 1. The highest BCUT2D eigenvalue weighted by atomic mass is 32.1. The molecule has 0 rings (SSSR count). The van der Waals surface area contributed by atoms with E-state index in [0.29, 0.717) is 0 Å². The molecule has 0 spiro atoms. The lowest BCUT2D eigenvalue weighted by Gasteiger charge is -2.17. The molecule has 0 aromatic carbocycles. The van der Waals surface area contributed by atoms with Gasteiger partial charge in [0.2, 0.25) is 0 Å². The molecule has 0 fully saturated rings. The first-order chi connectivity index (χ1) is 8.57. The van der Waals surface area contributed by atoms with Crippen molar-refractivity contribution in [3.63, 3.8) is 0 Å². The van der Waals surface area contributed by atoms with Gasteiger partial charge in [-0.2, -0.15) is 0 Å². The fourth-order valence-corrected chi connectivity index (χ4v) is 1.77. The Hall–Kier alpha value is -0.880. The average Bonchev–Trinajstić information content (AvgIpc) is 2.31. The minimum absolute atomic E-state index is 0.231. The van der Waals surface area contributed by atoms with Crippen molar-refractivity contribution in [3.05, 3.63) is 12.2 Å². The highest BCUT2D eigenvalue weighted by Crippen LogP contribution is 2.16. The van der Waals surface area contributed by atoms with E-state index < -0.39 is 0 Å². The number of terminal acetylenes is 1. The number of thiol groups is 1. The third kappa shape index (κ3) is 10.3. The van der Waals surface area contributed by atoms with E-state index in [-0.39, 0.29) is 17.3 Å². The van der Waals surface area contributed by atoms with Crippen LogP contribution in [0.4, 0.5) is 0 Å². The van der Waals surface area contributed by atoms with Gasteiger partial charge in [-0.05, 0) is 25.7 Å². The van der Waals surface area contributed by atoms with Crippen LogP contribution in [0.3, 0.4) is 0 Å². The zero-order valence-electron chi connectivity index (χ0n) is 11.4. The lowest BCUT2D eigenvalue weighted by atomic mass is 10.1. The molecule has 0 aromatic rings. The minimum Gasteiger partial charge on any atom is -0.451 e. The van der Waals surface area contributed by atoms with E-state index in [1.165, 1.54) is 19.8 Å². The van der Waals surface area contributed by atoms with Gasteiger partial charge in [-0.25, -0.2) is 0 Å². The summed E-state index contributed by atoms with van der Waals surface area (Å²) in [6, 6.07) is 0. The van der Waals surface area contributed by atoms with Gasteiger partial charge in [0.15, 0.2) is 0 Å². The standard InChI is InChI=1S/C15H24O2S/c1-4-5-6-7-8-9-10-11-12-13(2)15(18)17-14(3)16/h1,10-11,13,15,18H,5-9,12H2,2-3H3/b11-10+. The lowest BCUT2D eigenvalue weighted by molar-refractivity contribution is -0.143. The molecular weight excluding hydrogens is 244 g/mol. The summed E-state index contributed by atoms with van der Waals surface area (Å²) in [5, 5.41) is 0. The van der Waals surface area contributed by atoms with E-state index >= 15 is 0 Å². The first-order valence-corrected chi connectivity index (χ1v) is 7.03. The highest BCUT2D eigenvalue weighted by Gasteiger charge is 2.13. The maximum absolute atomic E-state index is 10.8. The van der Waals surface area contributed by atoms with Crippen LogP contribution < -0.4 is 0 Å². The number of ether oxygens (including phenoxy) is 1. The summed E-state index contributed by atoms with van der Waals surface area (Å²) in [6.45, 7) is 3.43. The van der Waals surface area contributed by atoms with Crippen LogP contribution in [-0.4, -0.2) is 11.4 Å². The summed E-state index contributed by atoms with van der Waals surface area (Å²) in [6.07, 6.45) is 15.8. The van der Waals surface area contributed by atoms with E-state index in [2.05, 4.69) is 30.7 Å². The van der Waals surface area contributed by atoms with E-state index in [9.17, 15) is 4.79 Å². The predicted octanol–water partition coefficient (Wildman–Crippen LogP) is 3.97. The number of hydrogen-bond acceptors (Lipinski definition) is 3. The molecular formula is C15H24O2S. The second-order valence-electron chi connectivity index (χ2n) is 4.49. The van der Waals surface area contributed by atoms with Crippen molar-refractivity contribution in [1.29, 1.82) is 0 Å². The zero-order valence-corrected chi connectivity index (χ0v) is 12.3. The molecule has 0 saturated carbocycles. The molecule has 2 nitrogen and oxygen atoms in total. The van der Waals surface area contributed by atoms with E-state index in [0.717, 1.165) is 25.7 Å². The SMILES string of the molecule is C#CCCCCC/C=C/CC(C)C(S)OC(C)=O. The first kappa shape index (κ1) is 17.1. The number of allylic oxidation sites excluding steroid dienone is 2. The number of carbonyl (C=O) groups excluding carboxylic acids is 1. The van der Waals surface area contributed by atoms with Crippen LogP contribution >= 0.6 is 12.6 Å². The van der Waals surface area contributed by atoms with Gasteiger partial charge in [-0.15, -0.1) is 25.0 Å². The molecule has 0 saturated heterocycles. The maximum atomic E-state index is 10.8. The molecule has 0 bridgehead atoms. The van der Waals surface area contributed by atoms with Crippen molar-refractivity contribution >= 4 is 18.6 Å². The molecule has 102 valence electrons. The van der Waals surface area contributed by atoms with E-state index in [1.54, 1.807) is 0 Å². The van der Waals surface area contributed by atoms with Crippen LogP contribution in [0.15, 0.2) is 12.2 Å². The van der Waals surface area contributed by atoms with Crippen LogP contribution in [0.1, 0.15) is 52.4 Å². The second-order valence-corrected chi connectivity index (χ2v) is 5.00. The van der Waals surface area contributed by atoms with Crippen LogP contribution in [0.5, 0.6) is 0 Å².